The second-order valence-electron chi connectivity index (χ2n) is 7.28. The average molecular weight is 289 g/mol. The first-order chi connectivity index (χ1) is 8.47. The molecule has 110 valence electrons. The molecule has 0 aromatic heterocycles. The highest BCUT2D eigenvalue weighted by Crippen LogP contribution is 2.53. The number of hydrogen-bond donors (Lipinski definition) is 1. The molecule has 1 N–H and O–H groups in total. The minimum absolute atomic E-state index is 0.0162. The minimum Gasteiger partial charge on any atom is -0.480 e. The summed E-state index contributed by atoms with van der Waals surface area (Å²) in [4.78, 5) is 11.0. The number of aliphatic carboxylic acids is 1. The number of carboxylic acid groups (broad SMARTS) is 1. The molecular formula is C13H23NO4S. The zero-order valence-electron chi connectivity index (χ0n) is 12.0. The fraction of sp³-hybridized carbons (Fsp3) is 0.923. The van der Waals surface area contributed by atoms with Crippen LogP contribution in [0.15, 0.2) is 0 Å². The number of nitrogens with zero attached hydrogens (tertiary/aromatic N) is 1. The fourth-order valence-electron chi connectivity index (χ4n) is 4.04. The molecule has 1 saturated carbocycles. The summed E-state index contributed by atoms with van der Waals surface area (Å²) in [7, 11) is -3.75. The second-order valence-corrected chi connectivity index (χ2v) is 9.49. The van der Waals surface area contributed by atoms with E-state index in [1.807, 2.05) is 0 Å². The normalized spacial score (nSPS) is 36.1. The van der Waals surface area contributed by atoms with Crippen LogP contribution in [0.3, 0.4) is 0 Å². The highest BCUT2D eigenvalue weighted by molar-refractivity contribution is 7.90. The van der Waals surface area contributed by atoms with Crippen molar-refractivity contribution in [2.75, 3.05) is 6.54 Å². The molecule has 2 rings (SSSR count). The van der Waals surface area contributed by atoms with Gasteiger partial charge in [-0.05, 0) is 37.0 Å². The van der Waals surface area contributed by atoms with E-state index in [0.717, 1.165) is 19.3 Å². The third kappa shape index (κ3) is 2.52. The summed E-state index contributed by atoms with van der Waals surface area (Å²) < 4.78 is 26.3. The molecule has 3 unspecified atom stereocenters. The molecule has 5 nitrogen and oxygen atoms in total. The number of fused-ring (bicyclic) bond motifs is 2. The lowest BCUT2D eigenvalue weighted by Gasteiger charge is -2.39. The van der Waals surface area contributed by atoms with Crippen LogP contribution in [0.5, 0.6) is 0 Å². The highest BCUT2D eigenvalue weighted by Gasteiger charge is 2.54. The van der Waals surface area contributed by atoms with Gasteiger partial charge in [-0.15, -0.1) is 0 Å². The maximum atomic E-state index is 12.4. The molecule has 0 aromatic carbocycles. The van der Waals surface area contributed by atoms with Crippen molar-refractivity contribution >= 4 is 16.0 Å². The van der Waals surface area contributed by atoms with E-state index in [1.54, 1.807) is 0 Å². The maximum absolute atomic E-state index is 12.4. The van der Waals surface area contributed by atoms with Gasteiger partial charge in [0.1, 0.15) is 0 Å². The van der Waals surface area contributed by atoms with Crippen molar-refractivity contribution in [1.82, 2.24) is 4.31 Å². The van der Waals surface area contributed by atoms with Gasteiger partial charge in [0.2, 0.25) is 10.0 Å². The molecule has 1 heterocycles. The van der Waals surface area contributed by atoms with Crippen molar-refractivity contribution in [3.05, 3.63) is 0 Å². The Labute approximate surface area is 115 Å². The molecule has 0 radical (unpaired) electrons. The second kappa shape index (κ2) is 4.19. The molecule has 6 heteroatoms. The van der Waals surface area contributed by atoms with Gasteiger partial charge in [0, 0.05) is 12.6 Å². The Balaban J connectivity index is 2.32. The molecule has 2 bridgehead atoms. The average Bonchev–Trinajstić information content (AvgIpc) is 2.46. The van der Waals surface area contributed by atoms with Gasteiger partial charge in [-0.25, -0.2) is 8.42 Å². The topological polar surface area (TPSA) is 74.7 Å². The van der Waals surface area contributed by atoms with Gasteiger partial charge in [-0.3, -0.25) is 4.79 Å². The largest absolute Gasteiger partial charge is 0.480 e. The first-order valence-corrected chi connectivity index (χ1v) is 8.21. The van der Waals surface area contributed by atoms with E-state index in [-0.39, 0.29) is 16.9 Å². The maximum Gasteiger partial charge on any atom is 0.323 e. The molecule has 0 spiro atoms. The third-order valence-electron chi connectivity index (χ3n) is 4.49. The van der Waals surface area contributed by atoms with E-state index in [2.05, 4.69) is 20.8 Å². The van der Waals surface area contributed by atoms with Crippen LogP contribution in [-0.4, -0.2) is 41.6 Å². The Bertz CT molecular complexity index is 499. The SMILES string of the molecule is CC(C(=O)O)S(=O)(=O)N1CC2(C)CC1CC(C)(C)C2. The smallest absolute Gasteiger partial charge is 0.323 e. The van der Waals surface area contributed by atoms with Gasteiger partial charge in [0.15, 0.2) is 5.25 Å². The third-order valence-corrected chi connectivity index (χ3v) is 6.66. The Hall–Kier alpha value is -0.620. The van der Waals surface area contributed by atoms with Crippen LogP contribution >= 0.6 is 0 Å². The van der Waals surface area contributed by atoms with E-state index in [0.29, 0.717) is 6.54 Å². The Morgan fingerprint density at radius 1 is 1.32 bits per heavy atom. The number of hydrogen-bond acceptors (Lipinski definition) is 3. The van der Waals surface area contributed by atoms with Gasteiger partial charge in [-0.2, -0.15) is 4.31 Å². The highest BCUT2D eigenvalue weighted by atomic mass is 32.2. The van der Waals surface area contributed by atoms with E-state index in [4.69, 9.17) is 5.11 Å². The fourth-order valence-corrected chi connectivity index (χ4v) is 5.75. The number of sulfonamides is 1. The van der Waals surface area contributed by atoms with Gasteiger partial charge in [0.05, 0.1) is 0 Å². The van der Waals surface area contributed by atoms with Crippen LogP contribution in [0.4, 0.5) is 0 Å². The van der Waals surface area contributed by atoms with Gasteiger partial charge in [-0.1, -0.05) is 20.8 Å². The summed E-state index contributed by atoms with van der Waals surface area (Å²) >= 11 is 0. The van der Waals surface area contributed by atoms with E-state index < -0.39 is 21.2 Å². The van der Waals surface area contributed by atoms with Crippen LogP contribution in [0.1, 0.15) is 47.0 Å². The molecule has 1 saturated heterocycles. The zero-order valence-corrected chi connectivity index (χ0v) is 12.8. The quantitative estimate of drug-likeness (QED) is 0.858. The molecule has 1 aliphatic carbocycles. The van der Waals surface area contributed by atoms with Crippen LogP contribution in [0.25, 0.3) is 0 Å². The minimum atomic E-state index is -3.75. The van der Waals surface area contributed by atoms with Crippen LogP contribution in [0.2, 0.25) is 0 Å². The monoisotopic (exact) mass is 289 g/mol. The number of carboxylic acids is 1. The summed E-state index contributed by atoms with van der Waals surface area (Å²) in [6.45, 7) is 8.15. The van der Waals surface area contributed by atoms with Gasteiger partial charge in [0.25, 0.3) is 0 Å². The Kier molecular flexibility index (Phi) is 3.26. The van der Waals surface area contributed by atoms with E-state index in [1.165, 1.54) is 11.2 Å². The Morgan fingerprint density at radius 3 is 2.42 bits per heavy atom. The van der Waals surface area contributed by atoms with Gasteiger partial charge >= 0.3 is 5.97 Å². The standard InChI is InChI=1S/C13H23NO4S/c1-9(11(15)16)19(17,18)14-8-13(4)6-10(14)5-12(2,3)7-13/h9-10H,5-8H2,1-4H3,(H,15,16). The van der Waals surface area contributed by atoms with Crippen molar-refractivity contribution in [2.24, 2.45) is 10.8 Å². The molecule has 0 amide bonds. The van der Waals surface area contributed by atoms with Crippen LogP contribution in [0, 0.1) is 10.8 Å². The molecule has 2 aliphatic rings. The Morgan fingerprint density at radius 2 is 1.89 bits per heavy atom. The predicted molar refractivity (Wildman–Crippen MR) is 72.3 cm³/mol. The van der Waals surface area contributed by atoms with Crippen molar-refractivity contribution in [3.8, 4) is 0 Å². The molecule has 19 heavy (non-hydrogen) atoms. The number of rotatable bonds is 3. The first-order valence-electron chi connectivity index (χ1n) is 6.70. The molecular weight excluding hydrogens is 266 g/mol. The summed E-state index contributed by atoms with van der Waals surface area (Å²) in [5.74, 6) is -1.27. The van der Waals surface area contributed by atoms with E-state index in [9.17, 15) is 13.2 Å². The summed E-state index contributed by atoms with van der Waals surface area (Å²) in [6, 6.07) is -0.0412. The van der Waals surface area contributed by atoms with Crippen LogP contribution < -0.4 is 0 Å². The molecule has 2 fully saturated rings. The van der Waals surface area contributed by atoms with Gasteiger partial charge < -0.3 is 5.11 Å². The summed E-state index contributed by atoms with van der Waals surface area (Å²) in [6.07, 6.45) is 2.65. The van der Waals surface area contributed by atoms with Crippen molar-refractivity contribution in [2.45, 2.75) is 58.2 Å². The van der Waals surface area contributed by atoms with Crippen molar-refractivity contribution in [3.63, 3.8) is 0 Å². The predicted octanol–water partition coefficient (Wildman–Crippen LogP) is 1.69. The zero-order chi connectivity index (χ0) is 14.6. The summed E-state index contributed by atoms with van der Waals surface area (Å²) in [5, 5.41) is 7.62. The first kappa shape index (κ1) is 14.8. The van der Waals surface area contributed by atoms with Crippen LogP contribution in [-0.2, 0) is 14.8 Å². The molecule has 0 aromatic rings. The van der Waals surface area contributed by atoms with E-state index >= 15 is 0 Å². The molecule has 1 aliphatic heterocycles. The lowest BCUT2D eigenvalue weighted by atomic mass is 9.65. The molecule has 3 atom stereocenters. The van der Waals surface area contributed by atoms with Crippen molar-refractivity contribution < 1.29 is 18.3 Å². The lowest BCUT2D eigenvalue weighted by molar-refractivity contribution is -0.136. The number of carbonyl (C=O) groups is 1. The van der Waals surface area contributed by atoms with Crippen molar-refractivity contribution in [1.29, 1.82) is 0 Å². The summed E-state index contributed by atoms with van der Waals surface area (Å²) in [5.41, 5.74) is 0.103. The lowest BCUT2D eigenvalue weighted by Crippen LogP contribution is -2.44.